The predicted molar refractivity (Wildman–Crippen MR) is 107 cm³/mol. The highest BCUT2D eigenvalue weighted by Crippen LogP contribution is 2.28. The molecule has 0 bridgehead atoms. The highest BCUT2D eigenvalue weighted by atomic mass is 16.6. The van der Waals surface area contributed by atoms with Crippen molar-refractivity contribution in [1.82, 2.24) is 15.1 Å². The molecule has 0 radical (unpaired) electrons. The van der Waals surface area contributed by atoms with Gasteiger partial charge in [0.05, 0.1) is 0 Å². The molecule has 1 aliphatic heterocycles. The van der Waals surface area contributed by atoms with Crippen LogP contribution >= 0.6 is 0 Å². The quantitative estimate of drug-likeness (QED) is 0.774. The Morgan fingerprint density at radius 1 is 1.04 bits per heavy atom. The van der Waals surface area contributed by atoms with E-state index in [1.165, 1.54) is 58.4 Å². The Labute approximate surface area is 160 Å². The van der Waals surface area contributed by atoms with Crippen molar-refractivity contribution >= 4 is 6.09 Å². The molecule has 0 aromatic rings. The first kappa shape index (κ1) is 21.5. The Balaban J connectivity index is 1.67. The molecule has 152 valence electrons. The molecular formula is C21H41N3O2. The number of carbonyl (C=O) groups excluding carboxylic acids is 1. The normalized spacial score (nSPS) is 26.1. The van der Waals surface area contributed by atoms with Crippen LogP contribution < -0.4 is 5.32 Å². The topological polar surface area (TPSA) is 44.8 Å². The van der Waals surface area contributed by atoms with Crippen LogP contribution in [0.3, 0.4) is 0 Å². The molecule has 1 aliphatic carbocycles. The molecule has 1 amide bonds. The Morgan fingerprint density at radius 3 is 2.12 bits per heavy atom. The summed E-state index contributed by atoms with van der Waals surface area (Å²) in [6, 6.07) is 0.988. The lowest BCUT2D eigenvalue weighted by atomic mass is 9.87. The molecule has 0 atom stereocenters. The fourth-order valence-electron chi connectivity index (χ4n) is 4.41. The number of piperidine rings is 1. The van der Waals surface area contributed by atoms with Crippen LogP contribution in [0, 0.1) is 5.92 Å². The zero-order chi connectivity index (χ0) is 19.2. The summed E-state index contributed by atoms with van der Waals surface area (Å²) >= 11 is 0. The third-order valence-corrected chi connectivity index (χ3v) is 5.99. The Bertz CT molecular complexity index is 415. The van der Waals surface area contributed by atoms with Gasteiger partial charge in [-0.1, -0.05) is 13.8 Å². The lowest BCUT2D eigenvalue weighted by Gasteiger charge is -2.41. The third kappa shape index (κ3) is 7.07. The first-order chi connectivity index (χ1) is 12.3. The van der Waals surface area contributed by atoms with Crippen LogP contribution in [0.4, 0.5) is 4.79 Å². The summed E-state index contributed by atoms with van der Waals surface area (Å²) in [7, 11) is 0. The van der Waals surface area contributed by atoms with Gasteiger partial charge in [-0.25, -0.2) is 4.79 Å². The molecule has 0 aromatic heterocycles. The summed E-state index contributed by atoms with van der Waals surface area (Å²) in [5.41, 5.74) is -0.420. The van der Waals surface area contributed by atoms with Gasteiger partial charge in [0.1, 0.15) is 5.60 Å². The molecule has 1 saturated carbocycles. The molecule has 0 aromatic carbocycles. The molecule has 1 N–H and O–H groups in total. The Morgan fingerprint density at radius 2 is 1.62 bits per heavy atom. The van der Waals surface area contributed by atoms with Gasteiger partial charge in [0.25, 0.3) is 0 Å². The van der Waals surface area contributed by atoms with Crippen molar-refractivity contribution in [3.63, 3.8) is 0 Å². The Hall–Kier alpha value is -0.810. The number of hydrogen-bond donors (Lipinski definition) is 1. The number of rotatable bonds is 6. The molecule has 5 nitrogen and oxygen atoms in total. The average molecular weight is 368 g/mol. The van der Waals surface area contributed by atoms with E-state index in [1.54, 1.807) is 0 Å². The number of hydrogen-bond acceptors (Lipinski definition) is 4. The first-order valence-corrected chi connectivity index (χ1v) is 10.8. The molecule has 26 heavy (non-hydrogen) atoms. The van der Waals surface area contributed by atoms with Crippen LogP contribution in [-0.2, 0) is 4.74 Å². The lowest BCUT2D eigenvalue weighted by molar-refractivity contribution is 0.0461. The second kappa shape index (κ2) is 9.93. The predicted octanol–water partition coefficient (Wildman–Crippen LogP) is 3.88. The Kier molecular flexibility index (Phi) is 8.21. The second-order valence-electron chi connectivity index (χ2n) is 9.12. The fourth-order valence-corrected chi connectivity index (χ4v) is 4.41. The monoisotopic (exact) mass is 367 g/mol. The molecule has 2 aliphatic rings. The van der Waals surface area contributed by atoms with Crippen molar-refractivity contribution in [1.29, 1.82) is 0 Å². The van der Waals surface area contributed by atoms with E-state index in [0.29, 0.717) is 6.04 Å². The molecule has 1 saturated heterocycles. The van der Waals surface area contributed by atoms with E-state index >= 15 is 0 Å². The van der Waals surface area contributed by atoms with Gasteiger partial charge >= 0.3 is 6.09 Å². The maximum atomic E-state index is 11.9. The maximum absolute atomic E-state index is 11.9. The SMILES string of the molecule is CCN(CC)CC1CCN(C2CCC(NC(=O)OC(C)(C)C)CC2)CC1. The number of alkyl carbamates (subject to hydrolysis) is 1. The summed E-state index contributed by atoms with van der Waals surface area (Å²) in [5, 5.41) is 3.06. The lowest BCUT2D eigenvalue weighted by Crippen LogP contribution is -2.48. The number of nitrogens with one attached hydrogen (secondary N) is 1. The van der Waals surface area contributed by atoms with Gasteiger partial charge in [0, 0.05) is 18.6 Å². The third-order valence-electron chi connectivity index (χ3n) is 5.99. The van der Waals surface area contributed by atoms with Crippen molar-refractivity contribution < 1.29 is 9.53 Å². The largest absolute Gasteiger partial charge is 0.444 e. The van der Waals surface area contributed by atoms with Crippen molar-refractivity contribution in [2.24, 2.45) is 5.92 Å². The summed E-state index contributed by atoms with van der Waals surface area (Å²) in [6.07, 6.45) is 6.95. The van der Waals surface area contributed by atoms with Gasteiger partial charge in [-0.2, -0.15) is 0 Å². The van der Waals surface area contributed by atoms with E-state index in [0.717, 1.165) is 18.8 Å². The van der Waals surface area contributed by atoms with Gasteiger partial charge < -0.3 is 19.9 Å². The molecule has 2 fully saturated rings. The van der Waals surface area contributed by atoms with Gasteiger partial charge in [0.15, 0.2) is 0 Å². The van der Waals surface area contributed by atoms with E-state index in [4.69, 9.17) is 4.74 Å². The van der Waals surface area contributed by atoms with Crippen LogP contribution in [0.2, 0.25) is 0 Å². The van der Waals surface area contributed by atoms with Crippen LogP contribution in [-0.4, -0.2) is 66.3 Å². The van der Waals surface area contributed by atoms with Crippen LogP contribution in [0.1, 0.15) is 73.1 Å². The van der Waals surface area contributed by atoms with Crippen LogP contribution in [0.15, 0.2) is 0 Å². The van der Waals surface area contributed by atoms with E-state index in [2.05, 4.69) is 29.0 Å². The first-order valence-electron chi connectivity index (χ1n) is 10.8. The van der Waals surface area contributed by atoms with Crippen molar-refractivity contribution in [2.75, 3.05) is 32.7 Å². The minimum Gasteiger partial charge on any atom is -0.444 e. The highest BCUT2D eigenvalue weighted by Gasteiger charge is 2.30. The van der Waals surface area contributed by atoms with Crippen LogP contribution in [0.5, 0.6) is 0 Å². The summed E-state index contributed by atoms with van der Waals surface area (Å²) in [5.74, 6) is 0.872. The molecule has 1 heterocycles. The minimum absolute atomic E-state index is 0.266. The summed E-state index contributed by atoms with van der Waals surface area (Å²) in [4.78, 5) is 17.2. The zero-order valence-electron chi connectivity index (χ0n) is 17.7. The molecule has 0 unspecified atom stereocenters. The fraction of sp³-hybridized carbons (Fsp3) is 0.952. The second-order valence-corrected chi connectivity index (χ2v) is 9.12. The van der Waals surface area contributed by atoms with Crippen molar-refractivity contribution in [3.05, 3.63) is 0 Å². The average Bonchev–Trinajstić information content (AvgIpc) is 2.59. The van der Waals surface area contributed by atoms with Gasteiger partial charge in [-0.15, -0.1) is 0 Å². The number of likely N-dealkylation sites (tertiary alicyclic amines) is 1. The van der Waals surface area contributed by atoms with Crippen molar-refractivity contribution in [3.8, 4) is 0 Å². The van der Waals surface area contributed by atoms with E-state index in [-0.39, 0.29) is 12.1 Å². The molecule has 0 spiro atoms. The number of ether oxygens (including phenoxy) is 1. The zero-order valence-corrected chi connectivity index (χ0v) is 17.7. The number of carbonyl (C=O) groups is 1. The number of nitrogens with zero attached hydrogens (tertiary/aromatic N) is 2. The van der Waals surface area contributed by atoms with E-state index in [9.17, 15) is 4.79 Å². The van der Waals surface area contributed by atoms with Gasteiger partial charge in [-0.3, -0.25) is 0 Å². The van der Waals surface area contributed by atoms with Gasteiger partial charge in [0.2, 0.25) is 0 Å². The maximum Gasteiger partial charge on any atom is 0.407 e. The van der Waals surface area contributed by atoms with E-state index in [1.807, 2.05) is 20.8 Å². The summed E-state index contributed by atoms with van der Waals surface area (Å²) in [6.45, 7) is 16.4. The van der Waals surface area contributed by atoms with Crippen molar-refractivity contribution in [2.45, 2.75) is 90.8 Å². The highest BCUT2D eigenvalue weighted by molar-refractivity contribution is 5.68. The van der Waals surface area contributed by atoms with Crippen LogP contribution in [0.25, 0.3) is 0 Å². The summed E-state index contributed by atoms with van der Waals surface area (Å²) < 4.78 is 5.38. The minimum atomic E-state index is -0.420. The standard InChI is InChI=1S/C21H41N3O2/c1-6-23(7-2)16-17-12-14-24(15-13-17)19-10-8-18(9-11-19)22-20(25)26-21(3,4)5/h17-19H,6-16H2,1-5H3,(H,22,25). The molecule has 5 heteroatoms. The van der Waals surface area contributed by atoms with Gasteiger partial charge in [-0.05, 0) is 91.4 Å². The molecular weight excluding hydrogens is 326 g/mol. The smallest absolute Gasteiger partial charge is 0.407 e. The number of amides is 1. The molecule has 2 rings (SSSR count). The van der Waals surface area contributed by atoms with E-state index < -0.39 is 5.60 Å².